The third-order valence-corrected chi connectivity index (χ3v) is 6.34. The van der Waals surface area contributed by atoms with Crippen molar-refractivity contribution in [2.24, 2.45) is 0 Å². The monoisotopic (exact) mass is 396 g/mol. The summed E-state index contributed by atoms with van der Waals surface area (Å²) in [6, 6.07) is 11.1. The van der Waals surface area contributed by atoms with Gasteiger partial charge in [0.05, 0.1) is 5.69 Å². The highest BCUT2D eigenvalue weighted by atomic mass is 32.1. The fourth-order valence-corrected chi connectivity index (χ4v) is 4.67. The van der Waals surface area contributed by atoms with E-state index in [2.05, 4.69) is 56.8 Å². The van der Waals surface area contributed by atoms with Crippen molar-refractivity contribution in [1.29, 1.82) is 0 Å². The molecule has 1 fully saturated rings. The minimum atomic E-state index is 0.246. The fourth-order valence-electron chi connectivity index (χ4n) is 4.01. The normalized spacial score (nSPS) is 18.6. The zero-order valence-electron chi connectivity index (χ0n) is 16.4. The van der Waals surface area contributed by atoms with Crippen molar-refractivity contribution >= 4 is 11.3 Å². The van der Waals surface area contributed by atoms with Gasteiger partial charge in [0.2, 0.25) is 0 Å². The molecule has 6 heteroatoms. The SMILES string of the molecule is Cc1cc(-n2cccn2)ccc1CN1CCN(Cc2ccsc2)[C@@H](CCO)C1. The summed E-state index contributed by atoms with van der Waals surface area (Å²) in [6.45, 7) is 7.48. The summed E-state index contributed by atoms with van der Waals surface area (Å²) in [4.78, 5) is 5.06. The van der Waals surface area contributed by atoms with E-state index < -0.39 is 0 Å². The maximum absolute atomic E-state index is 9.55. The zero-order chi connectivity index (χ0) is 19.3. The van der Waals surface area contributed by atoms with Crippen LogP contribution in [0.2, 0.25) is 0 Å². The minimum Gasteiger partial charge on any atom is -0.396 e. The summed E-state index contributed by atoms with van der Waals surface area (Å²) < 4.78 is 1.90. The number of aryl methyl sites for hydroxylation is 1. The average molecular weight is 397 g/mol. The lowest BCUT2D eigenvalue weighted by molar-refractivity contribution is 0.0500. The smallest absolute Gasteiger partial charge is 0.0648 e. The van der Waals surface area contributed by atoms with Crippen LogP contribution in [0, 0.1) is 6.92 Å². The van der Waals surface area contributed by atoms with Crippen molar-refractivity contribution in [1.82, 2.24) is 19.6 Å². The van der Waals surface area contributed by atoms with Gasteiger partial charge >= 0.3 is 0 Å². The number of nitrogens with zero attached hydrogens (tertiary/aromatic N) is 4. The minimum absolute atomic E-state index is 0.246. The molecular weight excluding hydrogens is 368 g/mol. The van der Waals surface area contributed by atoms with Crippen molar-refractivity contribution in [2.75, 3.05) is 26.2 Å². The van der Waals surface area contributed by atoms with Gasteiger partial charge in [0.15, 0.2) is 0 Å². The summed E-state index contributed by atoms with van der Waals surface area (Å²) in [5.74, 6) is 0. The molecule has 2 aromatic heterocycles. The van der Waals surface area contributed by atoms with Crippen LogP contribution in [0.5, 0.6) is 0 Å². The zero-order valence-corrected chi connectivity index (χ0v) is 17.2. The first kappa shape index (κ1) is 19.3. The van der Waals surface area contributed by atoms with Crippen LogP contribution < -0.4 is 0 Å². The number of aliphatic hydroxyl groups excluding tert-OH is 1. The van der Waals surface area contributed by atoms with Gasteiger partial charge in [0.25, 0.3) is 0 Å². The van der Waals surface area contributed by atoms with Crippen LogP contribution in [0.15, 0.2) is 53.5 Å². The molecule has 0 bridgehead atoms. The summed E-state index contributed by atoms with van der Waals surface area (Å²) in [6.07, 6.45) is 4.61. The van der Waals surface area contributed by atoms with E-state index in [1.807, 2.05) is 16.9 Å². The molecule has 148 valence electrons. The average Bonchev–Trinajstić information content (AvgIpc) is 3.40. The molecule has 3 aromatic rings. The fraction of sp³-hybridized carbons (Fsp3) is 0.409. The third kappa shape index (κ3) is 4.52. The van der Waals surface area contributed by atoms with E-state index in [1.54, 1.807) is 17.5 Å². The van der Waals surface area contributed by atoms with Crippen LogP contribution in [-0.2, 0) is 13.1 Å². The van der Waals surface area contributed by atoms with E-state index in [0.717, 1.165) is 44.8 Å². The second kappa shape index (κ2) is 9.01. The van der Waals surface area contributed by atoms with Crippen molar-refractivity contribution in [3.05, 3.63) is 70.2 Å². The van der Waals surface area contributed by atoms with Crippen molar-refractivity contribution in [2.45, 2.75) is 32.5 Å². The van der Waals surface area contributed by atoms with Crippen LogP contribution in [-0.4, -0.2) is 57.0 Å². The Morgan fingerprint density at radius 1 is 1.21 bits per heavy atom. The molecule has 1 aliphatic heterocycles. The van der Waals surface area contributed by atoms with Gasteiger partial charge in [0.1, 0.15) is 0 Å². The van der Waals surface area contributed by atoms with Gasteiger partial charge in [-0.2, -0.15) is 16.4 Å². The first-order chi connectivity index (χ1) is 13.7. The summed E-state index contributed by atoms with van der Waals surface area (Å²) >= 11 is 1.75. The maximum atomic E-state index is 9.55. The first-order valence-corrected chi connectivity index (χ1v) is 10.8. The number of hydrogen-bond acceptors (Lipinski definition) is 5. The van der Waals surface area contributed by atoms with Crippen LogP contribution >= 0.6 is 11.3 Å². The Kier molecular flexibility index (Phi) is 6.22. The van der Waals surface area contributed by atoms with E-state index >= 15 is 0 Å². The molecule has 0 aliphatic carbocycles. The molecule has 3 heterocycles. The second-order valence-electron chi connectivity index (χ2n) is 7.56. The standard InChI is InChI=1S/C22H28N4OS/c1-18-13-21(26-8-2-7-23-26)4-3-20(18)15-24-9-10-25(22(16-24)5-11-27)14-19-6-12-28-17-19/h2-4,6-8,12-13,17,22,27H,5,9-11,14-16H2,1H3/t22-/m0/s1. The Balaban J connectivity index is 1.41. The molecule has 1 aliphatic rings. The van der Waals surface area contributed by atoms with Crippen LogP contribution in [0.1, 0.15) is 23.1 Å². The molecule has 4 rings (SSSR count). The number of thiophene rings is 1. The Labute approximate surface area is 170 Å². The van der Waals surface area contributed by atoms with Crippen molar-refractivity contribution in [3.63, 3.8) is 0 Å². The molecule has 28 heavy (non-hydrogen) atoms. The summed E-state index contributed by atoms with van der Waals surface area (Å²) in [7, 11) is 0. The number of rotatable bonds is 7. The van der Waals surface area contributed by atoms with Crippen molar-refractivity contribution in [3.8, 4) is 5.69 Å². The topological polar surface area (TPSA) is 44.5 Å². The molecule has 1 atom stereocenters. The first-order valence-electron chi connectivity index (χ1n) is 9.91. The van der Waals surface area contributed by atoms with E-state index in [9.17, 15) is 5.11 Å². The molecule has 0 radical (unpaired) electrons. The molecule has 0 spiro atoms. The molecule has 0 unspecified atom stereocenters. The van der Waals surface area contributed by atoms with Gasteiger partial charge in [-0.1, -0.05) is 6.07 Å². The lowest BCUT2D eigenvalue weighted by atomic mass is 10.0. The maximum Gasteiger partial charge on any atom is 0.0648 e. The summed E-state index contributed by atoms with van der Waals surface area (Å²) in [5, 5.41) is 18.2. The van der Waals surface area contributed by atoms with Gasteiger partial charge in [-0.3, -0.25) is 9.80 Å². The van der Waals surface area contributed by atoms with Gasteiger partial charge in [-0.05, 0) is 65.1 Å². The Morgan fingerprint density at radius 3 is 2.86 bits per heavy atom. The Hall–Kier alpha value is -1.99. The Bertz CT molecular complexity index is 863. The lowest BCUT2D eigenvalue weighted by Gasteiger charge is -2.41. The highest BCUT2D eigenvalue weighted by molar-refractivity contribution is 7.07. The molecule has 1 aromatic carbocycles. The molecule has 5 nitrogen and oxygen atoms in total. The van der Waals surface area contributed by atoms with Gasteiger partial charge in [-0.25, -0.2) is 4.68 Å². The van der Waals surface area contributed by atoms with Crippen LogP contribution in [0.3, 0.4) is 0 Å². The molecule has 1 N–H and O–H groups in total. The molecule has 1 saturated heterocycles. The number of hydrogen-bond donors (Lipinski definition) is 1. The van der Waals surface area contributed by atoms with E-state index in [0.29, 0.717) is 6.04 Å². The molecular formula is C22H28N4OS. The van der Waals surface area contributed by atoms with E-state index in [1.165, 1.54) is 16.7 Å². The summed E-state index contributed by atoms with van der Waals surface area (Å²) in [5.41, 5.74) is 5.15. The molecule has 0 amide bonds. The third-order valence-electron chi connectivity index (χ3n) is 5.61. The number of benzene rings is 1. The predicted octanol–water partition coefficient (Wildman–Crippen LogP) is 3.31. The van der Waals surface area contributed by atoms with Crippen LogP contribution in [0.4, 0.5) is 0 Å². The van der Waals surface area contributed by atoms with Crippen molar-refractivity contribution < 1.29 is 5.11 Å². The van der Waals surface area contributed by atoms with E-state index in [-0.39, 0.29) is 6.61 Å². The predicted molar refractivity (Wildman–Crippen MR) is 114 cm³/mol. The second-order valence-corrected chi connectivity index (χ2v) is 8.34. The van der Waals surface area contributed by atoms with E-state index in [4.69, 9.17) is 0 Å². The number of piperazine rings is 1. The molecule has 0 saturated carbocycles. The highest BCUT2D eigenvalue weighted by Gasteiger charge is 2.27. The Morgan fingerprint density at radius 2 is 2.14 bits per heavy atom. The van der Waals surface area contributed by atoms with Gasteiger partial charge in [0, 0.05) is 57.8 Å². The van der Waals surface area contributed by atoms with Crippen LogP contribution in [0.25, 0.3) is 5.69 Å². The quantitative estimate of drug-likeness (QED) is 0.665. The van der Waals surface area contributed by atoms with Gasteiger partial charge in [-0.15, -0.1) is 0 Å². The highest BCUT2D eigenvalue weighted by Crippen LogP contribution is 2.21. The largest absolute Gasteiger partial charge is 0.396 e. The number of aromatic nitrogens is 2. The lowest BCUT2D eigenvalue weighted by Crippen LogP contribution is -2.52. The van der Waals surface area contributed by atoms with Gasteiger partial charge < -0.3 is 5.11 Å². The number of aliphatic hydroxyl groups is 1.